The van der Waals surface area contributed by atoms with Gasteiger partial charge in [-0.15, -0.1) is 0 Å². The first-order chi connectivity index (χ1) is 9.13. The van der Waals surface area contributed by atoms with E-state index >= 15 is 0 Å². The molecule has 0 aromatic heterocycles. The number of aryl methyl sites for hydroxylation is 1. The Labute approximate surface area is 119 Å². The van der Waals surface area contributed by atoms with Crippen LogP contribution in [0.2, 0.25) is 0 Å². The second-order valence-electron chi connectivity index (χ2n) is 5.78. The molecule has 0 aliphatic rings. The summed E-state index contributed by atoms with van der Waals surface area (Å²) in [6, 6.07) is 7.19. The molecule has 2 atom stereocenters. The average Bonchev–Trinajstić information content (AvgIpc) is 2.43. The van der Waals surface area contributed by atoms with Gasteiger partial charge in [-0.25, -0.2) is 0 Å². The highest BCUT2D eigenvalue weighted by Crippen LogP contribution is 2.29. The Kier molecular flexibility index (Phi) is 7.15. The predicted molar refractivity (Wildman–Crippen MR) is 85.6 cm³/mol. The Bertz CT molecular complexity index is 370. The van der Waals surface area contributed by atoms with E-state index in [0.29, 0.717) is 6.04 Å². The van der Waals surface area contributed by atoms with Gasteiger partial charge in [0, 0.05) is 6.04 Å². The molecule has 0 heterocycles. The summed E-state index contributed by atoms with van der Waals surface area (Å²) < 4.78 is 0. The third-order valence-electron chi connectivity index (χ3n) is 4.48. The number of rotatable bonds is 8. The summed E-state index contributed by atoms with van der Waals surface area (Å²) in [6.07, 6.45) is 6.60. The van der Waals surface area contributed by atoms with Crippen molar-refractivity contribution in [1.82, 2.24) is 5.32 Å². The van der Waals surface area contributed by atoms with E-state index in [0.717, 1.165) is 5.92 Å². The Morgan fingerprint density at radius 3 is 2.47 bits per heavy atom. The summed E-state index contributed by atoms with van der Waals surface area (Å²) >= 11 is 0. The molecule has 0 saturated carbocycles. The molecule has 0 amide bonds. The maximum Gasteiger partial charge on any atom is 0.0322 e. The fourth-order valence-electron chi connectivity index (χ4n) is 2.87. The summed E-state index contributed by atoms with van der Waals surface area (Å²) in [4.78, 5) is 0. The number of hydrogen-bond donors (Lipinski definition) is 1. The molecule has 0 aliphatic heterocycles. The molecule has 1 nitrogen and oxygen atoms in total. The second kappa shape index (κ2) is 8.37. The van der Waals surface area contributed by atoms with Gasteiger partial charge < -0.3 is 5.32 Å². The van der Waals surface area contributed by atoms with Crippen molar-refractivity contribution in [3.05, 3.63) is 34.9 Å². The van der Waals surface area contributed by atoms with Gasteiger partial charge in [0.15, 0.2) is 0 Å². The van der Waals surface area contributed by atoms with Gasteiger partial charge in [-0.05, 0) is 49.9 Å². The average molecular weight is 261 g/mol. The van der Waals surface area contributed by atoms with E-state index in [1.807, 2.05) is 0 Å². The molecule has 0 fully saturated rings. The maximum absolute atomic E-state index is 3.53. The molecule has 1 N–H and O–H groups in total. The van der Waals surface area contributed by atoms with Crippen LogP contribution in [0.5, 0.6) is 0 Å². The number of hydrogen-bond acceptors (Lipinski definition) is 1. The lowest BCUT2D eigenvalue weighted by Crippen LogP contribution is -2.21. The Morgan fingerprint density at radius 2 is 1.89 bits per heavy atom. The number of benzene rings is 1. The van der Waals surface area contributed by atoms with Crippen LogP contribution in [-0.4, -0.2) is 7.05 Å². The molecular weight excluding hydrogens is 230 g/mol. The van der Waals surface area contributed by atoms with Crippen molar-refractivity contribution < 1.29 is 0 Å². The van der Waals surface area contributed by atoms with Crippen LogP contribution in [0, 0.1) is 19.8 Å². The third-order valence-corrected chi connectivity index (χ3v) is 4.48. The van der Waals surface area contributed by atoms with Gasteiger partial charge in [0.05, 0.1) is 0 Å². The zero-order valence-electron chi connectivity index (χ0n) is 13.4. The predicted octanol–water partition coefficient (Wildman–Crippen LogP) is 5.17. The Hall–Kier alpha value is -0.820. The zero-order valence-corrected chi connectivity index (χ0v) is 13.4. The molecule has 1 aromatic carbocycles. The van der Waals surface area contributed by atoms with E-state index in [9.17, 15) is 0 Å². The van der Waals surface area contributed by atoms with Crippen LogP contribution >= 0.6 is 0 Å². The van der Waals surface area contributed by atoms with Crippen molar-refractivity contribution >= 4 is 0 Å². The molecule has 0 spiro atoms. The first-order valence-electron chi connectivity index (χ1n) is 7.87. The van der Waals surface area contributed by atoms with E-state index in [2.05, 4.69) is 58.3 Å². The van der Waals surface area contributed by atoms with Crippen LogP contribution in [0.3, 0.4) is 0 Å². The van der Waals surface area contributed by atoms with Crippen molar-refractivity contribution in [3.63, 3.8) is 0 Å². The van der Waals surface area contributed by atoms with Gasteiger partial charge in [-0.2, -0.15) is 0 Å². The van der Waals surface area contributed by atoms with Crippen LogP contribution in [0.4, 0.5) is 0 Å². The van der Waals surface area contributed by atoms with Crippen LogP contribution in [0.25, 0.3) is 0 Å². The fourth-order valence-corrected chi connectivity index (χ4v) is 2.87. The van der Waals surface area contributed by atoms with Crippen molar-refractivity contribution in [2.75, 3.05) is 7.05 Å². The maximum atomic E-state index is 3.53. The van der Waals surface area contributed by atoms with Gasteiger partial charge in [0.2, 0.25) is 0 Å². The van der Waals surface area contributed by atoms with Crippen molar-refractivity contribution in [3.8, 4) is 0 Å². The molecule has 0 radical (unpaired) electrons. The molecule has 2 unspecified atom stereocenters. The van der Waals surface area contributed by atoms with Crippen LogP contribution in [-0.2, 0) is 0 Å². The lowest BCUT2D eigenvalue weighted by Gasteiger charge is -2.25. The largest absolute Gasteiger partial charge is 0.313 e. The van der Waals surface area contributed by atoms with Crippen molar-refractivity contribution in [2.24, 2.45) is 5.92 Å². The number of unbranched alkanes of at least 4 members (excludes halogenated alkanes) is 1. The molecule has 0 aliphatic carbocycles. The van der Waals surface area contributed by atoms with Crippen LogP contribution < -0.4 is 5.32 Å². The monoisotopic (exact) mass is 261 g/mol. The molecule has 19 heavy (non-hydrogen) atoms. The first kappa shape index (κ1) is 16.2. The van der Waals surface area contributed by atoms with E-state index in [1.165, 1.54) is 48.8 Å². The lowest BCUT2D eigenvalue weighted by molar-refractivity contribution is 0.364. The van der Waals surface area contributed by atoms with Crippen molar-refractivity contribution in [2.45, 2.75) is 65.8 Å². The molecule has 1 aromatic rings. The Balaban J connectivity index is 2.79. The van der Waals surface area contributed by atoms with Gasteiger partial charge in [-0.1, -0.05) is 57.7 Å². The van der Waals surface area contributed by atoms with E-state index < -0.39 is 0 Å². The van der Waals surface area contributed by atoms with E-state index in [-0.39, 0.29) is 0 Å². The smallest absolute Gasteiger partial charge is 0.0322 e. The summed E-state index contributed by atoms with van der Waals surface area (Å²) in [5, 5.41) is 3.53. The topological polar surface area (TPSA) is 12.0 Å². The lowest BCUT2D eigenvalue weighted by atomic mass is 9.87. The van der Waals surface area contributed by atoms with Gasteiger partial charge in [0.1, 0.15) is 0 Å². The van der Waals surface area contributed by atoms with Gasteiger partial charge in [-0.3, -0.25) is 0 Å². The minimum Gasteiger partial charge on any atom is -0.313 e. The summed E-state index contributed by atoms with van der Waals surface area (Å²) in [6.45, 7) is 9.07. The molecular formula is C18H31N. The molecule has 0 bridgehead atoms. The summed E-state index contributed by atoms with van der Waals surface area (Å²) in [5.41, 5.74) is 4.34. The Morgan fingerprint density at radius 1 is 1.16 bits per heavy atom. The van der Waals surface area contributed by atoms with E-state index in [4.69, 9.17) is 0 Å². The minimum absolute atomic E-state index is 0.502. The van der Waals surface area contributed by atoms with Crippen LogP contribution in [0.1, 0.15) is 68.7 Å². The standard InChI is InChI=1S/C18H31N/c1-6-8-11-16(7-2)13-18(19-5)17-12-9-10-14(3)15(17)4/h9-10,12,16,18-19H,6-8,11,13H2,1-5H3. The second-order valence-corrected chi connectivity index (χ2v) is 5.78. The molecule has 0 saturated heterocycles. The highest BCUT2D eigenvalue weighted by molar-refractivity contribution is 5.35. The summed E-state index contributed by atoms with van der Waals surface area (Å²) in [5.74, 6) is 0.845. The molecule has 1 heteroatoms. The van der Waals surface area contributed by atoms with Crippen LogP contribution in [0.15, 0.2) is 18.2 Å². The molecule has 1 rings (SSSR count). The fraction of sp³-hybridized carbons (Fsp3) is 0.667. The summed E-state index contributed by atoms with van der Waals surface area (Å²) in [7, 11) is 2.10. The van der Waals surface area contributed by atoms with Gasteiger partial charge >= 0.3 is 0 Å². The third kappa shape index (κ3) is 4.65. The number of nitrogens with one attached hydrogen (secondary N) is 1. The minimum atomic E-state index is 0.502. The quantitative estimate of drug-likeness (QED) is 0.680. The molecule has 108 valence electrons. The SMILES string of the molecule is CCCCC(CC)CC(NC)c1cccc(C)c1C. The highest BCUT2D eigenvalue weighted by atomic mass is 14.9. The zero-order chi connectivity index (χ0) is 14.3. The van der Waals surface area contributed by atoms with E-state index in [1.54, 1.807) is 0 Å². The highest BCUT2D eigenvalue weighted by Gasteiger charge is 2.17. The normalized spacial score (nSPS) is 14.4. The van der Waals surface area contributed by atoms with Gasteiger partial charge in [0.25, 0.3) is 0 Å². The first-order valence-corrected chi connectivity index (χ1v) is 7.87. The van der Waals surface area contributed by atoms with Crippen molar-refractivity contribution in [1.29, 1.82) is 0 Å².